The number of nitrogens with one attached hydrogen (secondary N) is 2. The zero-order valence-electron chi connectivity index (χ0n) is 13.2. The van der Waals surface area contributed by atoms with Crippen molar-refractivity contribution in [3.05, 3.63) is 52.0 Å². The fourth-order valence-corrected chi connectivity index (χ4v) is 2.80. The monoisotopic (exact) mass is 333 g/mol. The summed E-state index contributed by atoms with van der Waals surface area (Å²) in [6.45, 7) is 4.15. The summed E-state index contributed by atoms with van der Waals surface area (Å²) in [5, 5.41) is 4.54. The maximum absolute atomic E-state index is 11.8. The van der Waals surface area contributed by atoms with Gasteiger partial charge in [0.15, 0.2) is 6.54 Å². The van der Waals surface area contributed by atoms with Crippen LogP contribution in [0.3, 0.4) is 0 Å². The molecular weight excluding hydrogens is 312 g/mol. The summed E-state index contributed by atoms with van der Waals surface area (Å²) in [4.78, 5) is 27.7. The molecule has 0 spiro atoms. The van der Waals surface area contributed by atoms with E-state index in [0.717, 1.165) is 16.3 Å². The molecule has 0 unspecified atom stereocenters. The summed E-state index contributed by atoms with van der Waals surface area (Å²) in [5.41, 5.74) is 6.89. The number of amides is 2. The molecule has 0 bridgehead atoms. The number of carbonyl (C=O) groups excluding carboxylic acids is 2. The van der Waals surface area contributed by atoms with Gasteiger partial charge >= 0.3 is 0 Å². The highest BCUT2D eigenvalue weighted by atomic mass is 32.1. The average Bonchev–Trinajstić information content (AvgIpc) is 2.96. The smallest absolute Gasteiger partial charge is 0.293 e. The number of hydrogen-bond acceptors (Lipinski definition) is 4. The van der Waals surface area contributed by atoms with Gasteiger partial charge in [-0.05, 0) is 13.8 Å². The van der Waals surface area contributed by atoms with Crippen LogP contribution in [0.5, 0.6) is 0 Å². The third-order valence-corrected chi connectivity index (χ3v) is 4.27. The summed E-state index contributed by atoms with van der Waals surface area (Å²) in [6, 6.07) is 10.1. The van der Waals surface area contributed by atoms with Crippen molar-refractivity contribution in [1.29, 1.82) is 0 Å². The van der Waals surface area contributed by atoms with Gasteiger partial charge in [0, 0.05) is 16.6 Å². The van der Waals surface area contributed by atoms with Gasteiger partial charge in [-0.3, -0.25) is 20.4 Å². The van der Waals surface area contributed by atoms with Gasteiger partial charge < -0.3 is 5.32 Å². The molecular formula is C16H21N4O2S+. The summed E-state index contributed by atoms with van der Waals surface area (Å²) >= 11 is 1.43. The highest BCUT2D eigenvalue weighted by molar-refractivity contribution is 7.09. The number of carbonyl (C=O) groups is 2. The first-order chi connectivity index (χ1) is 11.0. The topological polar surface area (TPSA) is 87.7 Å². The Morgan fingerprint density at radius 1 is 1.22 bits per heavy atom. The molecule has 7 heteroatoms. The Labute approximate surface area is 139 Å². The summed E-state index contributed by atoms with van der Waals surface area (Å²) < 4.78 is 0. The van der Waals surface area contributed by atoms with Crippen molar-refractivity contribution in [2.45, 2.75) is 26.3 Å². The van der Waals surface area contributed by atoms with Crippen molar-refractivity contribution in [2.24, 2.45) is 0 Å². The summed E-state index contributed by atoms with van der Waals surface area (Å²) in [6.07, 6.45) is 0.170. The van der Waals surface area contributed by atoms with Crippen LogP contribution in [0.2, 0.25) is 0 Å². The van der Waals surface area contributed by atoms with Crippen LogP contribution in [0.15, 0.2) is 35.7 Å². The molecule has 122 valence electrons. The number of benzene rings is 1. The fourth-order valence-electron chi connectivity index (χ4n) is 2.03. The Balaban J connectivity index is 1.67. The zero-order chi connectivity index (χ0) is 16.7. The number of hydrogen-bond donors (Lipinski definition) is 3. The Morgan fingerprint density at radius 2 is 1.91 bits per heavy atom. The minimum Gasteiger partial charge on any atom is -0.332 e. The summed E-state index contributed by atoms with van der Waals surface area (Å²) in [5.74, 6) is -0.514. The van der Waals surface area contributed by atoms with E-state index in [0.29, 0.717) is 0 Å². The van der Waals surface area contributed by atoms with Crippen molar-refractivity contribution in [3.8, 4) is 0 Å². The highest BCUT2D eigenvalue weighted by Gasteiger charge is 2.12. The number of aryl methyl sites for hydroxylation is 1. The summed E-state index contributed by atoms with van der Waals surface area (Å²) in [7, 11) is 0. The molecule has 1 aromatic carbocycles. The number of nitrogens with two attached hydrogens (primary N) is 1. The maximum Gasteiger partial charge on any atom is 0.293 e. The number of aromatic nitrogens is 1. The molecule has 2 rings (SSSR count). The van der Waals surface area contributed by atoms with Gasteiger partial charge in [0.2, 0.25) is 5.91 Å². The molecule has 0 saturated heterocycles. The first-order valence-electron chi connectivity index (χ1n) is 7.41. The van der Waals surface area contributed by atoms with Crippen LogP contribution in [0.4, 0.5) is 0 Å². The Bertz CT molecular complexity index is 657. The van der Waals surface area contributed by atoms with Crippen LogP contribution in [-0.2, 0) is 16.0 Å². The van der Waals surface area contributed by atoms with Crippen molar-refractivity contribution in [3.63, 3.8) is 0 Å². The molecule has 0 saturated carbocycles. The van der Waals surface area contributed by atoms with E-state index >= 15 is 0 Å². The molecule has 1 heterocycles. The van der Waals surface area contributed by atoms with E-state index in [1.165, 1.54) is 11.3 Å². The van der Waals surface area contributed by atoms with Gasteiger partial charge in [0.1, 0.15) is 11.0 Å². The number of hydrazine groups is 1. The van der Waals surface area contributed by atoms with Crippen molar-refractivity contribution in [1.82, 2.24) is 15.8 Å². The highest BCUT2D eigenvalue weighted by Crippen LogP contribution is 2.08. The zero-order valence-corrected chi connectivity index (χ0v) is 14.0. The quantitative estimate of drug-likeness (QED) is 0.671. The van der Waals surface area contributed by atoms with Crippen molar-refractivity contribution < 1.29 is 14.9 Å². The third kappa shape index (κ3) is 5.80. The molecule has 23 heavy (non-hydrogen) atoms. The minimum absolute atomic E-state index is 0.170. The van der Waals surface area contributed by atoms with E-state index in [9.17, 15) is 9.59 Å². The molecule has 0 radical (unpaired) electrons. The van der Waals surface area contributed by atoms with Crippen LogP contribution in [0, 0.1) is 6.92 Å². The second kappa shape index (κ2) is 8.40. The standard InChI is InChI=1S/C16H20N4O2S/c1-11-10-23-16(18-11)8-14(21)19-20-15(22)9-17-12(2)13-6-4-3-5-7-13/h3-7,10,12,17H,8-9H2,1-2H3,(H,19,21)(H,20,22)/p+1/t12-/m0/s1. The fraction of sp³-hybridized carbons (Fsp3) is 0.312. The van der Waals surface area contributed by atoms with Gasteiger partial charge in [0.25, 0.3) is 5.91 Å². The van der Waals surface area contributed by atoms with Crippen molar-refractivity contribution >= 4 is 23.2 Å². The predicted molar refractivity (Wildman–Crippen MR) is 88.5 cm³/mol. The average molecular weight is 333 g/mol. The third-order valence-electron chi connectivity index (χ3n) is 3.30. The molecule has 0 aliphatic carbocycles. The van der Waals surface area contributed by atoms with E-state index in [4.69, 9.17) is 0 Å². The van der Waals surface area contributed by atoms with E-state index < -0.39 is 0 Å². The maximum atomic E-state index is 11.8. The molecule has 2 aromatic rings. The van der Waals surface area contributed by atoms with E-state index in [-0.39, 0.29) is 30.8 Å². The lowest BCUT2D eigenvalue weighted by Gasteiger charge is -2.11. The Kier molecular flexibility index (Phi) is 6.25. The molecule has 2 amide bonds. The van der Waals surface area contributed by atoms with Gasteiger partial charge in [-0.25, -0.2) is 4.98 Å². The minimum atomic E-state index is -0.274. The lowest BCUT2D eigenvalue weighted by atomic mass is 10.1. The molecule has 6 nitrogen and oxygen atoms in total. The van der Waals surface area contributed by atoms with E-state index in [1.807, 2.05) is 54.9 Å². The van der Waals surface area contributed by atoms with Crippen LogP contribution in [0.25, 0.3) is 0 Å². The van der Waals surface area contributed by atoms with Gasteiger partial charge in [-0.15, -0.1) is 11.3 Å². The number of nitrogens with zero attached hydrogens (tertiary/aromatic N) is 1. The van der Waals surface area contributed by atoms with Gasteiger partial charge in [-0.2, -0.15) is 0 Å². The van der Waals surface area contributed by atoms with Gasteiger partial charge in [0.05, 0.1) is 6.42 Å². The van der Waals surface area contributed by atoms with E-state index in [2.05, 4.69) is 15.8 Å². The Hall–Kier alpha value is -2.25. The SMILES string of the molecule is Cc1csc(CC(=O)NNC(=O)C[NH2+][C@@H](C)c2ccccc2)n1. The van der Waals surface area contributed by atoms with Gasteiger partial charge in [-0.1, -0.05) is 30.3 Å². The first kappa shape index (κ1) is 17.1. The Morgan fingerprint density at radius 3 is 2.57 bits per heavy atom. The predicted octanol–water partition coefficient (Wildman–Crippen LogP) is 0.466. The van der Waals surface area contributed by atoms with Crippen LogP contribution in [-0.4, -0.2) is 23.3 Å². The molecule has 1 atom stereocenters. The second-order valence-electron chi connectivity index (χ2n) is 5.29. The van der Waals surface area contributed by atoms with Crippen molar-refractivity contribution in [2.75, 3.05) is 6.54 Å². The number of rotatable bonds is 6. The molecule has 4 N–H and O–H groups in total. The molecule has 0 aliphatic heterocycles. The normalized spacial score (nSPS) is 11.7. The largest absolute Gasteiger partial charge is 0.332 e. The second-order valence-corrected chi connectivity index (χ2v) is 6.24. The number of thiazole rings is 1. The lowest BCUT2D eigenvalue weighted by Crippen LogP contribution is -2.87. The molecule has 0 aliphatic rings. The van der Waals surface area contributed by atoms with E-state index in [1.54, 1.807) is 0 Å². The lowest BCUT2D eigenvalue weighted by molar-refractivity contribution is -0.682. The van der Waals surface area contributed by atoms with Crippen LogP contribution >= 0.6 is 11.3 Å². The van der Waals surface area contributed by atoms with Crippen LogP contribution in [0.1, 0.15) is 29.2 Å². The first-order valence-corrected chi connectivity index (χ1v) is 8.29. The molecule has 1 aromatic heterocycles. The van der Waals surface area contributed by atoms with Crippen LogP contribution < -0.4 is 16.2 Å². The molecule has 0 fully saturated rings. The number of quaternary nitrogens is 1.